The van der Waals surface area contributed by atoms with Gasteiger partial charge in [-0.25, -0.2) is 9.78 Å². The minimum atomic E-state index is -0.899. The summed E-state index contributed by atoms with van der Waals surface area (Å²) < 4.78 is 2.31. The van der Waals surface area contributed by atoms with E-state index in [2.05, 4.69) is 23.4 Å². The number of aromatic carboxylic acids is 1. The fraction of sp³-hybridized carbons (Fsp3) is 0.529. The molecule has 2 unspecified atom stereocenters. The molecule has 0 radical (unpaired) electrons. The zero-order chi connectivity index (χ0) is 15.1. The third-order valence-electron chi connectivity index (χ3n) is 4.63. The number of carboxylic acids is 1. The Hall–Kier alpha value is -1.84. The van der Waals surface area contributed by atoms with Crippen molar-refractivity contribution in [2.45, 2.75) is 46.1 Å². The van der Waals surface area contributed by atoms with Crippen molar-refractivity contribution >= 4 is 17.0 Å². The largest absolute Gasteiger partial charge is 0.478 e. The Labute approximate surface area is 124 Å². The van der Waals surface area contributed by atoms with Crippen LogP contribution in [0.15, 0.2) is 18.2 Å². The molecule has 4 heteroatoms. The highest BCUT2D eigenvalue weighted by Gasteiger charge is 2.27. The molecular weight excluding hydrogens is 264 g/mol. The van der Waals surface area contributed by atoms with Crippen LogP contribution in [0.2, 0.25) is 0 Å². The maximum Gasteiger partial charge on any atom is 0.335 e. The molecule has 1 aliphatic rings. The Morgan fingerprint density at radius 1 is 1.24 bits per heavy atom. The minimum Gasteiger partial charge on any atom is -0.478 e. The molecule has 2 aromatic rings. The third-order valence-corrected chi connectivity index (χ3v) is 4.63. The van der Waals surface area contributed by atoms with Gasteiger partial charge in [-0.05, 0) is 56.2 Å². The summed E-state index contributed by atoms with van der Waals surface area (Å²) in [4.78, 5) is 15.7. The number of carbonyl (C=O) groups is 1. The summed E-state index contributed by atoms with van der Waals surface area (Å²) in [5.74, 6) is 1.55. The molecule has 1 aliphatic carbocycles. The smallest absolute Gasteiger partial charge is 0.335 e. The van der Waals surface area contributed by atoms with Crippen molar-refractivity contribution in [3.8, 4) is 0 Å². The van der Waals surface area contributed by atoms with E-state index in [1.165, 1.54) is 19.3 Å². The summed E-state index contributed by atoms with van der Waals surface area (Å²) >= 11 is 0. The van der Waals surface area contributed by atoms with Crippen molar-refractivity contribution in [1.82, 2.24) is 9.55 Å². The van der Waals surface area contributed by atoms with E-state index in [0.29, 0.717) is 11.6 Å². The average Bonchev–Trinajstić information content (AvgIpc) is 2.72. The highest BCUT2D eigenvalue weighted by atomic mass is 16.4. The van der Waals surface area contributed by atoms with Crippen molar-refractivity contribution in [1.29, 1.82) is 0 Å². The van der Waals surface area contributed by atoms with E-state index < -0.39 is 5.97 Å². The first-order valence-electron chi connectivity index (χ1n) is 7.67. The van der Waals surface area contributed by atoms with Gasteiger partial charge in [0, 0.05) is 6.04 Å². The van der Waals surface area contributed by atoms with Gasteiger partial charge in [0.05, 0.1) is 16.6 Å². The predicted molar refractivity (Wildman–Crippen MR) is 82.6 cm³/mol. The molecule has 4 nitrogen and oxygen atoms in total. The molecule has 2 atom stereocenters. The van der Waals surface area contributed by atoms with Crippen LogP contribution in [0.25, 0.3) is 11.0 Å². The number of hydrogen-bond donors (Lipinski definition) is 1. The van der Waals surface area contributed by atoms with Crippen LogP contribution in [-0.4, -0.2) is 20.6 Å². The molecule has 1 saturated carbocycles. The van der Waals surface area contributed by atoms with Gasteiger partial charge in [-0.15, -0.1) is 0 Å². The summed E-state index contributed by atoms with van der Waals surface area (Å²) in [5, 5.41) is 9.10. The molecule has 0 bridgehead atoms. The molecule has 0 amide bonds. The molecule has 1 aromatic carbocycles. The van der Waals surface area contributed by atoms with Crippen LogP contribution in [0.4, 0.5) is 0 Å². The molecule has 1 heterocycles. The Morgan fingerprint density at radius 3 is 2.52 bits per heavy atom. The van der Waals surface area contributed by atoms with Crippen molar-refractivity contribution in [2.75, 3.05) is 0 Å². The number of aromatic nitrogens is 2. The Kier molecular flexibility index (Phi) is 3.47. The SMILES string of the molecule is Cc1nc2cc(C(=O)O)ccc2n1C1CC(C)CC(C)C1. The van der Waals surface area contributed by atoms with E-state index in [-0.39, 0.29) is 0 Å². The van der Waals surface area contributed by atoms with Crippen LogP contribution in [0.5, 0.6) is 0 Å². The lowest BCUT2D eigenvalue weighted by molar-refractivity contribution is 0.0697. The highest BCUT2D eigenvalue weighted by Crippen LogP contribution is 2.38. The second kappa shape index (κ2) is 5.17. The number of imidazole rings is 1. The summed E-state index contributed by atoms with van der Waals surface area (Å²) in [5.41, 5.74) is 2.15. The summed E-state index contributed by atoms with van der Waals surface area (Å²) in [6.07, 6.45) is 3.65. The second-order valence-electron chi connectivity index (χ2n) is 6.61. The first kappa shape index (κ1) is 14.1. The quantitative estimate of drug-likeness (QED) is 0.906. The predicted octanol–water partition coefficient (Wildman–Crippen LogP) is 4.04. The van der Waals surface area contributed by atoms with Gasteiger partial charge < -0.3 is 9.67 Å². The molecular formula is C17H22N2O2. The highest BCUT2D eigenvalue weighted by molar-refractivity contribution is 5.92. The van der Waals surface area contributed by atoms with Crippen LogP contribution in [0.3, 0.4) is 0 Å². The van der Waals surface area contributed by atoms with Crippen LogP contribution in [0.1, 0.15) is 55.3 Å². The maximum absolute atomic E-state index is 11.1. The lowest BCUT2D eigenvalue weighted by Gasteiger charge is -2.33. The number of benzene rings is 1. The topological polar surface area (TPSA) is 55.1 Å². The summed E-state index contributed by atoms with van der Waals surface area (Å²) in [7, 11) is 0. The monoisotopic (exact) mass is 286 g/mol. The van der Waals surface area contributed by atoms with E-state index in [1.54, 1.807) is 12.1 Å². The Balaban J connectivity index is 2.06. The van der Waals surface area contributed by atoms with Gasteiger partial charge in [0.15, 0.2) is 0 Å². The van der Waals surface area contributed by atoms with Crippen molar-refractivity contribution in [2.24, 2.45) is 11.8 Å². The van der Waals surface area contributed by atoms with Gasteiger partial charge >= 0.3 is 5.97 Å². The number of hydrogen-bond acceptors (Lipinski definition) is 2. The molecule has 3 rings (SSSR count). The van der Waals surface area contributed by atoms with Crippen LogP contribution >= 0.6 is 0 Å². The summed E-state index contributed by atoms with van der Waals surface area (Å²) in [6.45, 7) is 6.66. The third kappa shape index (κ3) is 2.55. The molecule has 0 aliphatic heterocycles. The molecule has 0 saturated heterocycles. The van der Waals surface area contributed by atoms with Crippen molar-refractivity contribution in [3.63, 3.8) is 0 Å². The van der Waals surface area contributed by atoms with Crippen molar-refractivity contribution < 1.29 is 9.90 Å². The van der Waals surface area contributed by atoms with Crippen LogP contribution < -0.4 is 0 Å². The van der Waals surface area contributed by atoms with E-state index in [4.69, 9.17) is 5.11 Å². The van der Waals surface area contributed by atoms with E-state index in [1.807, 2.05) is 13.0 Å². The lowest BCUT2D eigenvalue weighted by Crippen LogP contribution is -2.23. The van der Waals surface area contributed by atoms with E-state index >= 15 is 0 Å². The standard InChI is InChI=1S/C17H22N2O2/c1-10-6-11(2)8-14(7-10)19-12(3)18-15-9-13(17(20)21)4-5-16(15)19/h4-5,9-11,14H,6-8H2,1-3H3,(H,20,21). The molecule has 0 spiro atoms. The fourth-order valence-corrected chi connectivity index (χ4v) is 3.93. The van der Waals surface area contributed by atoms with Gasteiger partial charge in [0.25, 0.3) is 0 Å². The lowest BCUT2D eigenvalue weighted by atomic mass is 9.80. The van der Waals surface area contributed by atoms with Gasteiger partial charge in [-0.3, -0.25) is 0 Å². The number of fused-ring (bicyclic) bond motifs is 1. The first-order chi connectivity index (χ1) is 9.95. The second-order valence-corrected chi connectivity index (χ2v) is 6.61. The molecule has 1 N–H and O–H groups in total. The number of carboxylic acid groups (broad SMARTS) is 1. The molecule has 1 fully saturated rings. The van der Waals surface area contributed by atoms with Gasteiger partial charge in [-0.2, -0.15) is 0 Å². The number of aryl methyl sites for hydroxylation is 1. The molecule has 112 valence electrons. The zero-order valence-corrected chi connectivity index (χ0v) is 12.8. The minimum absolute atomic E-state index is 0.303. The maximum atomic E-state index is 11.1. The Morgan fingerprint density at radius 2 is 1.90 bits per heavy atom. The van der Waals surface area contributed by atoms with E-state index in [9.17, 15) is 4.79 Å². The fourth-order valence-electron chi connectivity index (χ4n) is 3.93. The van der Waals surface area contributed by atoms with Crippen molar-refractivity contribution in [3.05, 3.63) is 29.6 Å². The van der Waals surface area contributed by atoms with Gasteiger partial charge in [-0.1, -0.05) is 13.8 Å². The zero-order valence-electron chi connectivity index (χ0n) is 12.8. The number of rotatable bonds is 2. The Bertz CT molecular complexity index is 679. The summed E-state index contributed by atoms with van der Waals surface area (Å²) in [6, 6.07) is 5.74. The van der Waals surface area contributed by atoms with Gasteiger partial charge in [0.2, 0.25) is 0 Å². The average molecular weight is 286 g/mol. The van der Waals surface area contributed by atoms with Gasteiger partial charge in [0.1, 0.15) is 5.82 Å². The van der Waals surface area contributed by atoms with E-state index in [0.717, 1.165) is 28.7 Å². The first-order valence-corrected chi connectivity index (χ1v) is 7.67. The van der Waals surface area contributed by atoms with Crippen LogP contribution in [-0.2, 0) is 0 Å². The number of nitrogens with zero attached hydrogens (tertiary/aromatic N) is 2. The molecule has 1 aromatic heterocycles. The normalized spacial score (nSPS) is 26.1. The van der Waals surface area contributed by atoms with Crippen LogP contribution in [0, 0.1) is 18.8 Å². The molecule has 21 heavy (non-hydrogen) atoms.